The molecule has 0 aliphatic carbocycles. The fourth-order valence-electron chi connectivity index (χ4n) is 1.98. The van der Waals surface area contributed by atoms with Crippen LogP contribution in [0.1, 0.15) is 27.1 Å². The van der Waals surface area contributed by atoms with Gasteiger partial charge in [0.2, 0.25) is 0 Å². The molecule has 0 nitrogen and oxygen atoms in total. The maximum atomic E-state index is 13.1. The highest BCUT2D eigenvalue weighted by molar-refractivity contribution is 14.1. The predicted molar refractivity (Wildman–Crippen MR) is 85.8 cm³/mol. The quantitative estimate of drug-likeness (QED) is 0.444. The van der Waals surface area contributed by atoms with Gasteiger partial charge in [0, 0.05) is 3.57 Å². The van der Waals surface area contributed by atoms with Gasteiger partial charge >= 0.3 is 0 Å². The van der Waals surface area contributed by atoms with Gasteiger partial charge < -0.3 is 0 Å². The number of hydrogen-bond donors (Lipinski definition) is 0. The number of benzene rings is 2. The van der Waals surface area contributed by atoms with Crippen molar-refractivity contribution in [1.82, 2.24) is 0 Å². The van der Waals surface area contributed by atoms with E-state index in [9.17, 15) is 4.39 Å². The van der Waals surface area contributed by atoms with E-state index < -0.39 is 0 Å². The highest BCUT2D eigenvalue weighted by Gasteiger charge is 2.15. The Labute approximate surface area is 129 Å². The van der Waals surface area contributed by atoms with Crippen LogP contribution in [-0.2, 0) is 0 Å². The molecule has 0 bridgehead atoms. The van der Waals surface area contributed by atoms with Crippen LogP contribution in [0.25, 0.3) is 0 Å². The van der Waals surface area contributed by atoms with Crippen molar-refractivity contribution in [3.63, 3.8) is 0 Å². The Kier molecular flexibility index (Phi) is 4.43. The lowest BCUT2D eigenvalue weighted by molar-refractivity contribution is 0.626. The zero-order chi connectivity index (χ0) is 13.3. The van der Waals surface area contributed by atoms with Crippen molar-refractivity contribution in [2.75, 3.05) is 0 Å². The first kappa shape index (κ1) is 14.0. The SMILES string of the molecule is Cc1ccc(C(Br)c2ccc(F)cc2I)c(C)c1. The molecular formula is C15H13BrFI. The van der Waals surface area contributed by atoms with Crippen LogP contribution < -0.4 is 0 Å². The molecule has 1 unspecified atom stereocenters. The molecule has 3 heteroatoms. The third-order valence-corrected chi connectivity index (χ3v) is 4.85. The summed E-state index contributed by atoms with van der Waals surface area (Å²) < 4.78 is 14.1. The summed E-state index contributed by atoms with van der Waals surface area (Å²) in [6.45, 7) is 4.19. The largest absolute Gasteiger partial charge is 0.207 e. The zero-order valence-corrected chi connectivity index (χ0v) is 13.9. The molecule has 0 amide bonds. The van der Waals surface area contributed by atoms with E-state index in [4.69, 9.17) is 0 Å². The van der Waals surface area contributed by atoms with Gasteiger partial charge in [-0.3, -0.25) is 0 Å². The van der Waals surface area contributed by atoms with Crippen LogP contribution in [0.3, 0.4) is 0 Å². The van der Waals surface area contributed by atoms with Crippen LogP contribution in [0.15, 0.2) is 36.4 Å². The van der Waals surface area contributed by atoms with Crippen LogP contribution in [0, 0.1) is 23.2 Å². The molecule has 1 atom stereocenters. The molecule has 0 radical (unpaired) electrons. The molecule has 0 spiro atoms. The van der Waals surface area contributed by atoms with Crippen LogP contribution in [0.2, 0.25) is 0 Å². The van der Waals surface area contributed by atoms with Gasteiger partial charge in [0.1, 0.15) is 5.82 Å². The minimum absolute atomic E-state index is 0.102. The molecule has 2 aromatic rings. The van der Waals surface area contributed by atoms with E-state index in [1.807, 2.05) is 6.07 Å². The zero-order valence-electron chi connectivity index (χ0n) is 10.2. The highest BCUT2D eigenvalue weighted by Crippen LogP contribution is 2.35. The molecule has 94 valence electrons. The number of halogens is 3. The standard InChI is InChI=1S/C15H13BrFI/c1-9-3-5-12(10(2)7-9)15(16)13-6-4-11(17)8-14(13)18/h3-8,15H,1-2H3. The van der Waals surface area contributed by atoms with E-state index in [1.165, 1.54) is 22.8 Å². The second-order valence-electron chi connectivity index (χ2n) is 4.39. The van der Waals surface area contributed by atoms with Gasteiger partial charge in [-0.15, -0.1) is 0 Å². The van der Waals surface area contributed by atoms with Crippen molar-refractivity contribution < 1.29 is 4.39 Å². The van der Waals surface area contributed by atoms with Crippen molar-refractivity contribution in [2.24, 2.45) is 0 Å². The van der Waals surface area contributed by atoms with Crippen molar-refractivity contribution >= 4 is 38.5 Å². The predicted octanol–water partition coefficient (Wildman–Crippen LogP) is 5.53. The van der Waals surface area contributed by atoms with Gasteiger partial charge in [0.25, 0.3) is 0 Å². The van der Waals surface area contributed by atoms with Crippen LogP contribution in [0.4, 0.5) is 4.39 Å². The molecule has 0 aliphatic rings. The topological polar surface area (TPSA) is 0 Å². The van der Waals surface area contributed by atoms with E-state index in [-0.39, 0.29) is 10.6 Å². The summed E-state index contributed by atoms with van der Waals surface area (Å²) in [6.07, 6.45) is 0. The molecule has 18 heavy (non-hydrogen) atoms. The van der Waals surface area contributed by atoms with Crippen LogP contribution >= 0.6 is 38.5 Å². The van der Waals surface area contributed by atoms with Crippen molar-refractivity contribution in [3.05, 3.63) is 68.0 Å². The summed E-state index contributed by atoms with van der Waals surface area (Å²) in [7, 11) is 0. The molecule has 2 rings (SSSR count). The Morgan fingerprint density at radius 1 is 1.06 bits per heavy atom. The van der Waals surface area contributed by atoms with Crippen LogP contribution in [-0.4, -0.2) is 0 Å². The molecule has 0 fully saturated rings. The molecule has 0 N–H and O–H groups in total. The van der Waals surface area contributed by atoms with Gasteiger partial charge in [-0.2, -0.15) is 0 Å². The molecular weight excluding hydrogens is 406 g/mol. The van der Waals surface area contributed by atoms with Gasteiger partial charge in [0.05, 0.1) is 4.83 Å². The van der Waals surface area contributed by atoms with E-state index in [1.54, 1.807) is 6.07 Å². The van der Waals surface area contributed by atoms with Gasteiger partial charge in [-0.25, -0.2) is 4.39 Å². The molecule has 0 aliphatic heterocycles. The molecule has 0 saturated carbocycles. The molecule has 0 saturated heterocycles. The monoisotopic (exact) mass is 418 g/mol. The maximum Gasteiger partial charge on any atom is 0.124 e. The Bertz CT molecular complexity index is 529. The van der Waals surface area contributed by atoms with E-state index in [0.717, 1.165) is 9.13 Å². The fraction of sp³-hybridized carbons (Fsp3) is 0.200. The Morgan fingerprint density at radius 3 is 2.33 bits per heavy atom. The van der Waals surface area contributed by atoms with Gasteiger partial charge in [-0.1, -0.05) is 45.8 Å². The molecule has 2 aromatic carbocycles. The summed E-state index contributed by atoms with van der Waals surface area (Å²) >= 11 is 5.89. The minimum Gasteiger partial charge on any atom is -0.207 e. The van der Waals surface area contributed by atoms with Crippen molar-refractivity contribution in [1.29, 1.82) is 0 Å². The van der Waals surface area contributed by atoms with E-state index in [2.05, 4.69) is 70.6 Å². The lowest BCUT2D eigenvalue weighted by atomic mass is 9.99. The van der Waals surface area contributed by atoms with E-state index in [0.29, 0.717) is 0 Å². The average Bonchev–Trinajstić information content (AvgIpc) is 2.28. The first-order valence-electron chi connectivity index (χ1n) is 5.65. The minimum atomic E-state index is -0.191. The first-order chi connectivity index (χ1) is 8.49. The Morgan fingerprint density at radius 2 is 1.72 bits per heavy atom. The van der Waals surface area contributed by atoms with Gasteiger partial charge in [-0.05, 0) is 65.3 Å². The number of hydrogen-bond acceptors (Lipinski definition) is 0. The van der Waals surface area contributed by atoms with E-state index >= 15 is 0 Å². The maximum absolute atomic E-state index is 13.1. The molecule has 0 aromatic heterocycles. The second kappa shape index (κ2) is 5.70. The summed E-state index contributed by atoms with van der Waals surface area (Å²) in [5.41, 5.74) is 4.83. The normalized spacial score (nSPS) is 12.5. The third kappa shape index (κ3) is 2.94. The lowest BCUT2D eigenvalue weighted by Crippen LogP contribution is -1.99. The summed E-state index contributed by atoms with van der Waals surface area (Å²) in [5, 5.41) is 0. The van der Waals surface area contributed by atoms with Crippen molar-refractivity contribution in [2.45, 2.75) is 18.7 Å². The van der Waals surface area contributed by atoms with Crippen molar-refractivity contribution in [3.8, 4) is 0 Å². The molecule has 0 heterocycles. The van der Waals surface area contributed by atoms with Gasteiger partial charge in [0.15, 0.2) is 0 Å². The Hall–Kier alpha value is -0.420. The summed E-state index contributed by atoms with van der Waals surface area (Å²) in [5.74, 6) is -0.191. The smallest absolute Gasteiger partial charge is 0.124 e. The third-order valence-electron chi connectivity index (χ3n) is 2.93. The first-order valence-corrected chi connectivity index (χ1v) is 7.64. The fourth-order valence-corrected chi connectivity index (χ4v) is 4.11. The summed E-state index contributed by atoms with van der Waals surface area (Å²) in [6, 6.07) is 11.3. The average molecular weight is 419 g/mol. The Balaban J connectivity index is 2.44. The number of rotatable bonds is 2. The number of alkyl halides is 1. The highest BCUT2D eigenvalue weighted by atomic mass is 127. The summed E-state index contributed by atoms with van der Waals surface area (Å²) in [4.78, 5) is 0.102. The second-order valence-corrected chi connectivity index (χ2v) is 6.47. The lowest BCUT2D eigenvalue weighted by Gasteiger charge is -2.15. The number of aryl methyl sites for hydroxylation is 2. The van der Waals surface area contributed by atoms with Crippen LogP contribution in [0.5, 0.6) is 0 Å².